The molecule has 0 aliphatic carbocycles. The highest BCUT2D eigenvalue weighted by molar-refractivity contribution is 7.89. The van der Waals surface area contributed by atoms with Crippen LogP contribution in [0.15, 0.2) is 53.6 Å². The molecule has 12 heteroatoms. The molecule has 1 amide bonds. The maximum Gasteiger partial charge on any atom is 0.265 e. The van der Waals surface area contributed by atoms with Crippen LogP contribution >= 0.6 is 0 Å². The van der Waals surface area contributed by atoms with E-state index in [0.717, 1.165) is 5.56 Å². The molecule has 0 radical (unpaired) electrons. The van der Waals surface area contributed by atoms with Crippen molar-refractivity contribution in [1.82, 2.24) is 9.97 Å². The largest absolute Gasteiger partial charge is 0.482 e. The Morgan fingerprint density at radius 1 is 1.18 bits per heavy atom. The predicted octanol–water partition coefficient (Wildman–Crippen LogP) is 2.61. The first kappa shape index (κ1) is 22.4. The number of amides is 1. The summed E-state index contributed by atoms with van der Waals surface area (Å²) >= 11 is 0. The van der Waals surface area contributed by atoms with E-state index in [-0.39, 0.29) is 29.9 Å². The molecular weight excluding hydrogens is 451 g/mol. The number of fused-ring (bicyclic) bond motifs is 1. The van der Waals surface area contributed by atoms with Crippen LogP contribution < -0.4 is 25.4 Å². The number of sulfonamides is 1. The molecule has 0 saturated heterocycles. The number of nitrogens with zero attached hydrogens (tertiary/aromatic N) is 3. The molecule has 2 heterocycles. The summed E-state index contributed by atoms with van der Waals surface area (Å²) in [6, 6.07) is 11.1. The Labute approximate surface area is 189 Å². The molecule has 0 fully saturated rings. The minimum atomic E-state index is -3.85. The zero-order valence-corrected chi connectivity index (χ0v) is 18.4. The molecular formula is C21H21FN6O4S. The van der Waals surface area contributed by atoms with Crippen molar-refractivity contribution in [3.63, 3.8) is 0 Å². The molecule has 0 bridgehead atoms. The number of carbonyl (C=O) groups is 1. The highest BCUT2D eigenvalue weighted by atomic mass is 32.2. The maximum atomic E-state index is 12.9. The monoisotopic (exact) mass is 472 g/mol. The summed E-state index contributed by atoms with van der Waals surface area (Å²) < 4.78 is 41.5. The van der Waals surface area contributed by atoms with Gasteiger partial charge in [-0.05, 0) is 43.3 Å². The standard InChI is InChI=1S/C21H21FN6O4S/c1-13-11-24-21(26-14-3-2-4-16(9-14)33(23,30)31)27-20(13)25-15-5-6-18-17(10-15)28(8-7-22)19(29)12-32-18/h2-6,9-11H,7-8,12H2,1H3,(H2,23,30,31)(H2,24,25,26,27). The maximum absolute atomic E-state index is 12.9. The molecule has 0 atom stereocenters. The second kappa shape index (κ2) is 9.00. The van der Waals surface area contributed by atoms with Crippen LogP contribution in [0.25, 0.3) is 0 Å². The fourth-order valence-corrected chi connectivity index (χ4v) is 3.81. The van der Waals surface area contributed by atoms with Crippen LogP contribution in [0.5, 0.6) is 5.75 Å². The first-order valence-corrected chi connectivity index (χ1v) is 11.4. The zero-order valence-electron chi connectivity index (χ0n) is 17.6. The van der Waals surface area contributed by atoms with Crippen LogP contribution in [-0.4, -0.2) is 44.1 Å². The van der Waals surface area contributed by atoms with E-state index < -0.39 is 16.7 Å². The number of aryl methyl sites for hydroxylation is 1. The number of alkyl halides is 1. The van der Waals surface area contributed by atoms with Crippen LogP contribution in [0.1, 0.15) is 5.56 Å². The van der Waals surface area contributed by atoms with Gasteiger partial charge in [-0.1, -0.05) is 6.07 Å². The van der Waals surface area contributed by atoms with Crippen molar-refractivity contribution >= 4 is 44.8 Å². The van der Waals surface area contributed by atoms with Gasteiger partial charge in [0, 0.05) is 23.1 Å². The topological polar surface area (TPSA) is 140 Å². The van der Waals surface area contributed by atoms with Crippen LogP contribution in [0.2, 0.25) is 0 Å². The van der Waals surface area contributed by atoms with Crippen molar-refractivity contribution in [1.29, 1.82) is 0 Å². The summed E-state index contributed by atoms with van der Waals surface area (Å²) in [6.07, 6.45) is 1.60. The summed E-state index contributed by atoms with van der Waals surface area (Å²) in [5.41, 5.74) is 2.27. The smallest absolute Gasteiger partial charge is 0.265 e. The third-order valence-corrected chi connectivity index (χ3v) is 5.77. The van der Waals surface area contributed by atoms with Gasteiger partial charge < -0.3 is 20.3 Å². The number of aromatic nitrogens is 2. The molecule has 1 aliphatic rings. The van der Waals surface area contributed by atoms with Crippen LogP contribution in [0.3, 0.4) is 0 Å². The molecule has 1 aliphatic heterocycles. The van der Waals surface area contributed by atoms with Crippen molar-refractivity contribution < 1.29 is 22.3 Å². The fourth-order valence-electron chi connectivity index (χ4n) is 3.26. The summed E-state index contributed by atoms with van der Waals surface area (Å²) in [6.45, 7) is 0.951. The number of anilines is 5. The van der Waals surface area contributed by atoms with Crippen molar-refractivity contribution in [2.45, 2.75) is 11.8 Å². The van der Waals surface area contributed by atoms with Gasteiger partial charge in [-0.25, -0.2) is 22.9 Å². The van der Waals surface area contributed by atoms with E-state index in [4.69, 9.17) is 9.88 Å². The summed E-state index contributed by atoms with van der Waals surface area (Å²) in [4.78, 5) is 22.1. The number of nitrogens with two attached hydrogens (primary N) is 1. The SMILES string of the molecule is Cc1cnc(Nc2cccc(S(N)(=O)=O)c2)nc1Nc1ccc2c(c1)N(CCF)C(=O)CO2. The van der Waals surface area contributed by atoms with E-state index in [1.165, 1.54) is 17.0 Å². The van der Waals surface area contributed by atoms with Gasteiger partial charge >= 0.3 is 0 Å². The van der Waals surface area contributed by atoms with E-state index in [2.05, 4.69) is 20.6 Å². The third kappa shape index (κ3) is 5.02. The molecule has 10 nitrogen and oxygen atoms in total. The number of halogens is 1. The normalized spacial score (nSPS) is 13.3. The molecule has 33 heavy (non-hydrogen) atoms. The van der Waals surface area contributed by atoms with Crippen molar-refractivity contribution in [2.75, 3.05) is 35.4 Å². The Morgan fingerprint density at radius 3 is 2.73 bits per heavy atom. The van der Waals surface area contributed by atoms with Gasteiger partial charge in [0.15, 0.2) is 6.61 Å². The average Bonchev–Trinajstić information content (AvgIpc) is 2.78. The predicted molar refractivity (Wildman–Crippen MR) is 121 cm³/mol. The first-order chi connectivity index (χ1) is 15.7. The molecule has 172 valence electrons. The number of hydrogen-bond acceptors (Lipinski definition) is 8. The van der Waals surface area contributed by atoms with Gasteiger partial charge in [-0.3, -0.25) is 4.79 Å². The van der Waals surface area contributed by atoms with Crippen LogP contribution in [-0.2, 0) is 14.8 Å². The number of nitrogens with one attached hydrogen (secondary N) is 2. The molecule has 3 aromatic rings. The van der Waals surface area contributed by atoms with Crippen molar-refractivity contribution in [3.05, 3.63) is 54.2 Å². The molecule has 0 spiro atoms. The Hall–Kier alpha value is -3.77. The first-order valence-electron chi connectivity index (χ1n) is 9.88. The van der Waals surface area contributed by atoms with Crippen molar-refractivity contribution in [3.8, 4) is 5.75 Å². The molecule has 4 N–H and O–H groups in total. The molecule has 4 rings (SSSR count). The summed E-state index contributed by atoms with van der Waals surface area (Å²) in [5, 5.41) is 11.3. The number of benzene rings is 2. The second-order valence-corrected chi connectivity index (χ2v) is 8.82. The van der Waals surface area contributed by atoms with Gasteiger partial charge in [0.1, 0.15) is 18.2 Å². The van der Waals surface area contributed by atoms with Crippen molar-refractivity contribution in [2.24, 2.45) is 5.14 Å². The van der Waals surface area contributed by atoms with E-state index in [0.29, 0.717) is 28.6 Å². The quantitative estimate of drug-likeness (QED) is 0.477. The van der Waals surface area contributed by atoms with E-state index in [9.17, 15) is 17.6 Å². The third-order valence-electron chi connectivity index (χ3n) is 4.86. The lowest BCUT2D eigenvalue weighted by Crippen LogP contribution is -2.40. The Morgan fingerprint density at radius 2 is 1.97 bits per heavy atom. The van der Waals surface area contributed by atoms with Gasteiger partial charge in [0.25, 0.3) is 5.91 Å². The molecule has 0 saturated carbocycles. The molecule has 0 unspecified atom stereocenters. The minimum absolute atomic E-state index is 0.0402. The highest BCUT2D eigenvalue weighted by Crippen LogP contribution is 2.35. The zero-order chi connectivity index (χ0) is 23.6. The number of primary sulfonamides is 1. The van der Waals surface area contributed by atoms with Gasteiger partial charge in [-0.2, -0.15) is 4.98 Å². The Balaban J connectivity index is 1.59. The number of hydrogen-bond donors (Lipinski definition) is 3. The Bertz CT molecular complexity index is 1320. The average molecular weight is 473 g/mol. The highest BCUT2D eigenvalue weighted by Gasteiger charge is 2.25. The number of ether oxygens (including phenoxy) is 1. The van der Waals surface area contributed by atoms with E-state index in [1.807, 2.05) is 6.92 Å². The second-order valence-electron chi connectivity index (χ2n) is 7.25. The minimum Gasteiger partial charge on any atom is -0.482 e. The van der Waals surface area contributed by atoms with Crippen LogP contribution in [0.4, 0.5) is 33.2 Å². The van der Waals surface area contributed by atoms with Gasteiger partial charge in [0.05, 0.1) is 17.1 Å². The fraction of sp³-hybridized carbons (Fsp3) is 0.190. The summed E-state index contributed by atoms with van der Waals surface area (Å²) in [7, 11) is -3.85. The van der Waals surface area contributed by atoms with E-state index in [1.54, 1.807) is 36.5 Å². The lowest BCUT2D eigenvalue weighted by Gasteiger charge is -2.29. The lowest BCUT2D eigenvalue weighted by atomic mass is 10.2. The summed E-state index contributed by atoms with van der Waals surface area (Å²) in [5.74, 6) is 0.883. The van der Waals surface area contributed by atoms with Gasteiger partial charge in [0.2, 0.25) is 16.0 Å². The number of carbonyl (C=O) groups excluding carboxylic acids is 1. The Kier molecular flexibility index (Phi) is 6.11. The van der Waals surface area contributed by atoms with E-state index >= 15 is 0 Å². The number of rotatable bonds is 7. The van der Waals surface area contributed by atoms with Gasteiger partial charge in [-0.15, -0.1) is 0 Å². The molecule has 2 aromatic carbocycles. The lowest BCUT2D eigenvalue weighted by molar-refractivity contribution is -0.121. The van der Waals surface area contributed by atoms with Crippen LogP contribution in [0, 0.1) is 6.92 Å². The molecule has 1 aromatic heterocycles.